The molecule has 0 aliphatic carbocycles. The number of rotatable bonds is 6. The van der Waals surface area contributed by atoms with Gasteiger partial charge in [0.25, 0.3) is 11.4 Å². The molecule has 0 saturated heterocycles. The second-order valence-electron chi connectivity index (χ2n) is 8.05. The average molecular weight is 524 g/mol. The van der Waals surface area contributed by atoms with E-state index < -0.39 is 19.7 Å². The van der Waals surface area contributed by atoms with E-state index in [2.05, 4.69) is 10.2 Å². The number of nitro groups is 4. The molecule has 4 rings (SSSR count). The molecule has 0 radical (unpaired) electrons. The van der Waals surface area contributed by atoms with Crippen molar-refractivity contribution in [3.8, 4) is 11.4 Å². The van der Waals surface area contributed by atoms with Crippen LogP contribution in [0, 0.1) is 68.2 Å². The van der Waals surface area contributed by atoms with Crippen molar-refractivity contribution in [2.45, 2.75) is 27.7 Å². The van der Waals surface area contributed by atoms with Crippen LogP contribution in [0.2, 0.25) is 0 Å². The van der Waals surface area contributed by atoms with Crippen molar-refractivity contribution < 1.29 is 19.7 Å². The summed E-state index contributed by atoms with van der Waals surface area (Å²) < 4.78 is 2.80. The highest BCUT2D eigenvalue weighted by molar-refractivity contribution is 5.59. The van der Waals surface area contributed by atoms with Crippen molar-refractivity contribution in [2.24, 2.45) is 0 Å². The molecule has 0 atom stereocenters. The molecule has 2 heterocycles. The fraction of sp³-hybridized carbons (Fsp3) is 0.182. The van der Waals surface area contributed by atoms with Gasteiger partial charge in [-0.1, -0.05) is 0 Å². The zero-order valence-electron chi connectivity index (χ0n) is 20.5. The highest BCUT2D eigenvalue weighted by atomic mass is 16.6. The van der Waals surface area contributed by atoms with Gasteiger partial charge in [-0.15, -0.1) is 0 Å². The lowest BCUT2D eigenvalue weighted by Crippen LogP contribution is -2.04. The van der Waals surface area contributed by atoms with Crippen LogP contribution < -0.4 is 0 Å². The molecule has 0 unspecified atom stereocenters. The molecule has 2 aromatic heterocycles. The quantitative estimate of drug-likeness (QED) is 0.252. The Hall–Kier alpha value is -5.54. The van der Waals surface area contributed by atoms with Gasteiger partial charge in [-0.25, -0.2) is 9.36 Å². The van der Waals surface area contributed by atoms with Crippen LogP contribution >= 0.6 is 0 Å². The molecule has 0 saturated carbocycles. The van der Waals surface area contributed by atoms with E-state index in [0.717, 1.165) is 23.5 Å². The predicted molar refractivity (Wildman–Crippen MR) is 133 cm³/mol. The summed E-state index contributed by atoms with van der Waals surface area (Å²) >= 11 is 0. The summed E-state index contributed by atoms with van der Waals surface area (Å²) in [5, 5.41) is 51.7. The number of nitro benzene ring substituents is 4. The van der Waals surface area contributed by atoms with Crippen molar-refractivity contribution in [1.29, 1.82) is 0 Å². The van der Waals surface area contributed by atoms with Crippen LogP contribution in [0.1, 0.15) is 22.8 Å². The Labute approximate surface area is 213 Å². The average Bonchev–Trinajstić information content (AvgIpc) is 3.37. The fourth-order valence-electron chi connectivity index (χ4n) is 3.65. The van der Waals surface area contributed by atoms with Gasteiger partial charge in [-0.3, -0.25) is 40.5 Å². The summed E-state index contributed by atoms with van der Waals surface area (Å²) in [5.41, 5.74) is 1.94. The third kappa shape index (κ3) is 5.64. The van der Waals surface area contributed by atoms with Gasteiger partial charge in [0, 0.05) is 23.5 Å². The summed E-state index contributed by atoms with van der Waals surface area (Å²) in [4.78, 5) is 40.7. The SMILES string of the molecule is Cc1cc(C)n(-c2ccc([N+](=O)[O-])cc2[N+](=O)[O-])n1.Cc1cc(C)n(-c2ccc([N+](=O)[O-])cc2[N+](=O)[O-])n1. The minimum Gasteiger partial charge on any atom is -0.258 e. The van der Waals surface area contributed by atoms with Crippen LogP contribution in [-0.4, -0.2) is 39.3 Å². The van der Waals surface area contributed by atoms with Crippen LogP contribution in [-0.2, 0) is 0 Å². The lowest BCUT2D eigenvalue weighted by Gasteiger charge is -2.05. The fourth-order valence-corrected chi connectivity index (χ4v) is 3.65. The third-order valence-corrected chi connectivity index (χ3v) is 5.21. The number of nitrogens with zero attached hydrogens (tertiary/aromatic N) is 8. The summed E-state index contributed by atoms with van der Waals surface area (Å²) in [7, 11) is 0. The molecule has 0 spiro atoms. The van der Waals surface area contributed by atoms with Crippen LogP contribution in [0.3, 0.4) is 0 Å². The highest BCUT2D eigenvalue weighted by Crippen LogP contribution is 2.29. The van der Waals surface area contributed by atoms with Gasteiger partial charge < -0.3 is 0 Å². The Morgan fingerprint density at radius 2 is 0.895 bits per heavy atom. The monoisotopic (exact) mass is 524 g/mol. The molecule has 0 bridgehead atoms. The van der Waals surface area contributed by atoms with E-state index in [1.807, 2.05) is 0 Å². The molecule has 2 aromatic carbocycles. The van der Waals surface area contributed by atoms with Crippen molar-refractivity contribution in [3.05, 3.63) is 112 Å². The van der Waals surface area contributed by atoms with Gasteiger partial charge in [0.2, 0.25) is 0 Å². The molecule has 0 amide bonds. The topological polar surface area (TPSA) is 208 Å². The molecule has 0 aliphatic rings. The van der Waals surface area contributed by atoms with Crippen molar-refractivity contribution in [1.82, 2.24) is 19.6 Å². The van der Waals surface area contributed by atoms with E-state index >= 15 is 0 Å². The molecule has 4 aromatic rings. The van der Waals surface area contributed by atoms with Crippen molar-refractivity contribution in [2.75, 3.05) is 0 Å². The molecule has 16 heteroatoms. The maximum Gasteiger partial charge on any atom is 0.301 e. The molecule has 16 nitrogen and oxygen atoms in total. The van der Waals surface area contributed by atoms with Gasteiger partial charge >= 0.3 is 11.4 Å². The minimum absolute atomic E-state index is 0.209. The van der Waals surface area contributed by atoms with Gasteiger partial charge in [-0.05, 0) is 52.0 Å². The third-order valence-electron chi connectivity index (χ3n) is 5.21. The summed E-state index contributed by atoms with van der Waals surface area (Å²) in [6, 6.07) is 10.5. The standard InChI is InChI=1S/2C11H10N4O4/c2*1-7-5-8(2)13(12-7)10-4-3-9(14(16)17)6-11(10)15(18)19/h2*3-6H,1-2H3. The van der Waals surface area contributed by atoms with E-state index in [-0.39, 0.29) is 34.1 Å². The number of hydrogen-bond acceptors (Lipinski definition) is 10. The maximum atomic E-state index is 11.0. The largest absolute Gasteiger partial charge is 0.301 e. The summed E-state index contributed by atoms with van der Waals surface area (Å²) in [5.74, 6) is 0. The smallest absolute Gasteiger partial charge is 0.258 e. The number of aromatic nitrogens is 4. The Kier molecular flexibility index (Phi) is 7.55. The van der Waals surface area contributed by atoms with Crippen molar-refractivity contribution in [3.63, 3.8) is 0 Å². The predicted octanol–water partition coefficient (Wildman–Crippen LogP) is 4.61. The molecule has 0 fully saturated rings. The summed E-state index contributed by atoms with van der Waals surface area (Å²) in [6.07, 6.45) is 0. The van der Waals surface area contributed by atoms with E-state index in [0.29, 0.717) is 11.4 Å². The lowest BCUT2D eigenvalue weighted by molar-refractivity contribution is -0.394. The zero-order valence-corrected chi connectivity index (χ0v) is 20.5. The van der Waals surface area contributed by atoms with Crippen LogP contribution in [0.15, 0.2) is 48.5 Å². The first kappa shape index (κ1) is 27.1. The Morgan fingerprint density at radius 1 is 0.553 bits per heavy atom. The molecular weight excluding hydrogens is 504 g/mol. The molecule has 196 valence electrons. The molecule has 0 N–H and O–H groups in total. The highest BCUT2D eigenvalue weighted by Gasteiger charge is 2.23. The van der Waals surface area contributed by atoms with E-state index in [9.17, 15) is 40.5 Å². The van der Waals surface area contributed by atoms with Crippen LogP contribution in [0.4, 0.5) is 22.7 Å². The minimum atomic E-state index is -0.669. The first-order valence-electron chi connectivity index (χ1n) is 10.7. The molecular formula is C22H20N8O8. The Morgan fingerprint density at radius 3 is 1.13 bits per heavy atom. The van der Waals surface area contributed by atoms with Crippen LogP contribution in [0.25, 0.3) is 11.4 Å². The number of hydrogen-bond donors (Lipinski definition) is 0. The van der Waals surface area contributed by atoms with Gasteiger partial charge in [0.15, 0.2) is 0 Å². The lowest BCUT2D eigenvalue weighted by atomic mass is 10.2. The number of benzene rings is 2. The first-order valence-corrected chi connectivity index (χ1v) is 10.7. The van der Waals surface area contributed by atoms with Crippen LogP contribution in [0.5, 0.6) is 0 Å². The van der Waals surface area contributed by atoms with E-state index in [4.69, 9.17) is 0 Å². The number of non-ortho nitro benzene ring substituents is 2. The van der Waals surface area contributed by atoms with E-state index in [1.165, 1.54) is 33.6 Å². The van der Waals surface area contributed by atoms with Gasteiger partial charge in [0.05, 0.1) is 43.2 Å². The number of aryl methyl sites for hydroxylation is 4. The molecule has 38 heavy (non-hydrogen) atoms. The first-order chi connectivity index (χ1) is 17.8. The molecule has 0 aliphatic heterocycles. The maximum absolute atomic E-state index is 11.0. The van der Waals surface area contributed by atoms with Crippen molar-refractivity contribution >= 4 is 22.7 Å². The Bertz CT molecular complexity index is 1470. The zero-order chi connectivity index (χ0) is 28.3. The normalized spacial score (nSPS) is 10.4. The van der Waals surface area contributed by atoms with Gasteiger partial charge in [-0.2, -0.15) is 10.2 Å². The second-order valence-corrected chi connectivity index (χ2v) is 8.05. The Balaban J connectivity index is 0.000000211. The van der Waals surface area contributed by atoms with E-state index in [1.54, 1.807) is 39.8 Å². The van der Waals surface area contributed by atoms with Gasteiger partial charge in [0.1, 0.15) is 11.4 Å². The second kappa shape index (κ2) is 10.6. The summed E-state index contributed by atoms with van der Waals surface area (Å²) in [6.45, 7) is 7.04.